The molecule has 0 fully saturated rings. The molecule has 0 atom stereocenters. The van der Waals surface area contributed by atoms with Gasteiger partial charge in [-0.2, -0.15) is 0 Å². The zero-order valence-electron chi connectivity index (χ0n) is 13.0. The summed E-state index contributed by atoms with van der Waals surface area (Å²) in [6, 6.07) is 9.32. The lowest BCUT2D eigenvalue weighted by molar-refractivity contribution is 0.403. The van der Waals surface area contributed by atoms with Gasteiger partial charge in [-0.3, -0.25) is 10.9 Å². The first kappa shape index (κ1) is 17.2. The molecule has 8 nitrogen and oxygen atoms in total. The third kappa shape index (κ3) is 5.24. The summed E-state index contributed by atoms with van der Waals surface area (Å²) in [4.78, 5) is 0. The number of hydrogen-bond acceptors (Lipinski definition) is 6. The van der Waals surface area contributed by atoms with Crippen LogP contribution in [-0.4, -0.2) is 33.5 Å². The van der Waals surface area contributed by atoms with Gasteiger partial charge in [0.15, 0.2) is 23.0 Å². The molecular weight excluding hydrogens is 312 g/mol. The third-order valence-corrected chi connectivity index (χ3v) is 3.32. The summed E-state index contributed by atoms with van der Waals surface area (Å²) >= 11 is 0. The standard InChI is InChI=1S/C16H20N4O4/c21-13-3-1-11(9-15(13)23)5-7-17-19-20-18-8-6-12-2-4-14(22)16(24)10-12/h1-4,9-10,21-24H,5-8H2,(H,17,20)(H,18,19). The van der Waals surface area contributed by atoms with E-state index < -0.39 is 0 Å². The van der Waals surface area contributed by atoms with E-state index in [2.05, 4.69) is 21.3 Å². The largest absolute Gasteiger partial charge is 0.504 e. The van der Waals surface area contributed by atoms with Crippen molar-refractivity contribution in [3.8, 4) is 23.0 Å². The van der Waals surface area contributed by atoms with Crippen molar-refractivity contribution in [3.05, 3.63) is 47.5 Å². The number of rotatable bonds is 8. The summed E-state index contributed by atoms with van der Waals surface area (Å²) in [7, 11) is 0. The van der Waals surface area contributed by atoms with E-state index in [0.29, 0.717) is 25.9 Å². The Bertz CT molecular complexity index is 647. The Labute approximate surface area is 139 Å². The van der Waals surface area contributed by atoms with Crippen LogP contribution in [0.15, 0.2) is 46.8 Å². The minimum atomic E-state index is -0.143. The summed E-state index contributed by atoms with van der Waals surface area (Å²) < 4.78 is 0. The Balaban J connectivity index is 1.61. The zero-order valence-corrected chi connectivity index (χ0v) is 13.0. The minimum Gasteiger partial charge on any atom is -0.504 e. The number of phenolic OH excluding ortho intramolecular Hbond substituents is 4. The Hall–Kier alpha value is -3.16. The quantitative estimate of drug-likeness (QED) is 0.189. The van der Waals surface area contributed by atoms with Crippen LogP contribution < -0.4 is 10.9 Å². The summed E-state index contributed by atoms with van der Waals surface area (Å²) in [5, 5.41) is 44.7. The molecule has 8 heteroatoms. The fourth-order valence-electron chi connectivity index (χ4n) is 2.02. The van der Waals surface area contributed by atoms with Crippen LogP contribution in [0.2, 0.25) is 0 Å². The van der Waals surface area contributed by atoms with Crippen molar-refractivity contribution < 1.29 is 20.4 Å². The molecule has 0 aliphatic heterocycles. The third-order valence-electron chi connectivity index (χ3n) is 3.32. The van der Waals surface area contributed by atoms with Crippen LogP contribution in [0, 0.1) is 0 Å². The molecule has 2 aromatic carbocycles. The van der Waals surface area contributed by atoms with Crippen molar-refractivity contribution in [1.29, 1.82) is 0 Å². The van der Waals surface area contributed by atoms with Gasteiger partial charge >= 0.3 is 0 Å². The molecule has 0 amide bonds. The number of hydrogen-bond donors (Lipinski definition) is 6. The van der Waals surface area contributed by atoms with Gasteiger partial charge in [-0.25, -0.2) is 0 Å². The monoisotopic (exact) mass is 332 g/mol. The Morgan fingerprint density at radius 1 is 0.625 bits per heavy atom. The van der Waals surface area contributed by atoms with Crippen LogP contribution in [0.4, 0.5) is 0 Å². The van der Waals surface area contributed by atoms with Crippen molar-refractivity contribution in [2.24, 2.45) is 10.4 Å². The van der Waals surface area contributed by atoms with Crippen LogP contribution in [0.3, 0.4) is 0 Å². The number of phenols is 4. The first-order chi connectivity index (χ1) is 11.6. The molecule has 0 heterocycles. The van der Waals surface area contributed by atoms with E-state index in [-0.39, 0.29) is 23.0 Å². The van der Waals surface area contributed by atoms with Crippen LogP contribution >= 0.6 is 0 Å². The van der Waals surface area contributed by atoms with Gasteiger partial charge < -0.3 is 20.4 Å². The summed E-state index contributed by atoms with van der Waals surface area (Å²) in [5.41, 5.74) is 7.26. The normalized spacial score (nSPS) is 10.8. The van der Waals surface area contributed by atoms with Crippen molar-refractivity contribution in [1.82, 2.24) is 10.9 Å². The predicted molar refractivity (Wildman–Crippen MR) is 87.8 cm³/mol. The molecule has 2 aromatic rings. The number of aromatic hydroxyl groups is 4. The molecule has 0 radical (unpaired) electrons. The van der Waals surface area contributed by atoms with E-state index in [1.807, 2.05) is 0 Å². The second-order valence-electron chi connectivity index (χ2n) is 5.16. The van der Waals surface area contributed by atoms with Gasteiger partial charge in [0.05, 0.1) is 0 Å². The second-order valence-corrected chi connectivity index (χ2v) is 5.16. The highest BCUT2D eigenvalue weighted by atomic mass is 16.3. The molecule has 0 aliphatic rings. The predicted octanol–water partition coefficient (Wildman–Crippen LogP) is 1.76. The SMILES string of the molecule is Oc1ccc(CCNN=NNCCc2ccc(O)c(O)c2)cc1O. The molecule has 0 aliphatic carbocycles. The molecule has 0 unspecified atom stereocenters. The van der Waals surface area contributed by atoms with Crippen molar-refractivity contribution in [2.45, 2.75) is 12.8 Å². The van der Waals surface area contributed by atoms with Gasteiger partial charge in [-0.05, 0) is 48.2 Å². The van der Waals surface area contributed by atoms with Crippen LogP contribution in [0.25, 0.3) is 0 Å². The van der Waals surface area contributed by atoms with Gasteiger partial charge in [-0.15, -0.1) is 0 Å². The smallest absolute Gasteiger partial charge is 0.157 e. The van der Waals surface area contributed by atoms with Crippen molar-refractivity contribution in [2.75, 3.05) is 13.1 Å². The number of benzene rings is 2. The van der Waals surface area contributed by atoms with E-state index in [1.165, 1.54) is 24.3 Å². The van der Waals surface area contributed by atoms with Crippen molar-refractivity contribution >= 4 is 0 Å². The highest BCUT2D eigenvalue weighted by Gasteiger charge is 2.01. The highest BCUT2D eigenvalue weighted by Crippen LogP contribution is 2.25. The summed E-state index contributed by atoms with van der Waals surface area (Å²) in [6.07, 6.45) is 1.25. The maximum Gasteiger partial charge on any atom is 0.157 e. The second kappa shape index (κ2) is 8.47. The van der Waals surface area contributed by atoms with Crippen LogP contribution in [0.1, 0.15) is 11.1 Å². The van der Waals surface area contributed by atoms with Crippen LogP contribution in [0.5, 0.6) is 23.0 Å². The molecule has 0 saturated carbocycles. The van der Waals surface area contributed by atoms with E-state index in [0.717, 1.165) is 11.1 Å². The average molecular weight is 332 g/mol. The van der Waals surface area contributed by atoms with Gasteiger partial charge in [0.2, 0.25) is 0 Å². The molecule has 0 aromatic heterocycles. The van der Waals surface area contributed by atoms with Gasteiger partial charge in [0.25, 0.3) is 0 Å². The lowest BCUT2D eigenvalue weighted by atomic mass is 10.1. The topological polar surface area (TPSA) is 130 Å². The number of nitrogens with one attached hydrogen (secondary N) is 2. The van der Waals surface area contributed by atoms with Crippen LogP contribution in [-0.2, 0) is 12.8 Å². The lowest BCUT2D eigenvalue weighted by Crippen LogP contribution is -2.14. The molecule has 0 spiro atoms. The van der Waals surface area contributed by atoms with E-state index in [4.69, 9.17) is 0 Å². The highest BCUT2D eigenvalue weighted by molar-refractivity contribution is 5.41. The van der Waals surface area contributed by atoms with Gasteiger partial charge in [0.1, 0.15) is 0 Å². The molecule has 24 heavy (non-hydrogen) atoms. The van der Waals surface area contributed by atoms with E-state index in [9.17, 15) is 20.4 Å². The number of nitrogens with zero attached hydrogens (tertiary/aromatic N) is 2. The van der Waals surface area contributed by atoms with E-state index in [1.54, 1.807) is 12.1 Å². The van der Waals surface area contributed by atoms with Gasteiger partial charge in [-0.1, -0.05) is 22.6 Å². The zero-order chi connectivity index (χ0) is 17.4. The maximum absolute atomic E-state index is 9.37. The van der Waals surface area contributed by atoms with E-state index >= 15 is 0 Å². The average Bonchev–Trinajstić information content (AvgIpc) is 2.56. The molecule has 0 bridgehead atoms. The fraction of sp³-hybridized carbons (Fsp3) is 0.250. The van der Waals surface area contributed by atoms with Gasteiger partial charge in [0, 0.05) is 13.1 Å². The Kier molecular flexibility index (Phi) is 6.07. The maximum atomic E-state index is 9.37. The van der Waals surface area contributed by atoms with Crippen molar-refractivity contribution in [3.63, 3.8) is 0 Å². The molecular formula is C16H20N4O4. The first-order valence-corrected chi connectivity index (χ1v) is 7.43. The minimum absolute atomic E-state index is 0.141. The fourth-order valence-corrected chi connectivity index (χ4v) is 2.02. The Morgan fingerprint density at radius 3 is 1.42 bits per heavy atom. The molecule has 128 valence electrons. The summed E-state index contributed by atoms with van der Waals surface area (Å²) in [5.74, 6) is -0.567. The summed E-state index contributed by atoms with van der Waals surface area (Å²) in [6.45, 7) is 1.06. The Morgan fingerprint density at radius 2 is 1.04 bits per heavy atom. The molecule has 0 saturated heterocycles. The lowest BCUT2D eigenvalue weighted by Gasteiger charge is -2.04. The molecule has 2 rings (SSSR count). The first-order valence-electron chi connectivity index (χ1n) is 7.43. The molecule has 6 N–H and O–H groups in total.